The van der Waals surface area contributed by atoms with E-state index in [1.54, 1.807) is 14.2 Å². The van der Waals surface area contributed by atoms with Gasteiger partial charge in [0.1, 0.15) is 13.2 Å². The van der Waals surface area contributed by atoms with Crippen molar-refractivity contribution in [1.29, 1.82) is 0 Å². The topological polar surface area (TPSA) is 165 Å². The molecule has 5 rings (SSSR count). The van der Waals surface area contributed by atoms with E-state index in [4.69, 9.17) is 47.9 Å². The molecule has 0 saturated heterocycles. The van der Waals surface area contributed by atoms with Gasteiger partial charge in [-0.25, -0.2) is 4.98 Å². The summed E-state index contributed by atoms with van der Waals surface area (Å²) in [4.78, 5) is 43.7. The van der Waals surface area contributed by atoms with Crippen LogP contribution in [0.15, 0.2) is 37.4 Å². The lowest BCUT2D eigenvalue weighted by Crippen LogP contribution is -2.14. The van der Waals surface area contributed by atoms with E-state index in [0.717, 1.165) is 78.2 Å². The maximum atomic E-state index is 13.0. The third kappa shape index (κ3) is 13.0. The van der Waals surface area contributed by atoms with Crippen LogP contribution in [0.3, 0.4) is 0 Å². The highest BCUT2D eigenvalue weighted by molar-refractivity contribution is 5.94. The quantitative estimate of drug-likeness (QED) is 0.0591. The van der Waals surface area contributed by atoms with E-state index >= 15 is 0 Å². The molecule has 2 N–H and O–H groups in total. The predicted molar refractivity (Wildman–Crippen MR) is 242 cm³/mol. The van der Waals surface area contributed by atoms with Crippen molar-refractivity contribution in [3.05, 3.63) is 82.5 Å². The van der Waals surface area contributed by atoms with E-state index in [0.29, 0.717) is 65.7 Å². The molecule has 2 atom stereocenters. The Hall–Kier alpha value is -4.96. The maximum Gasteiger partial charge on any atom is 0.306 e. The molecular weight excluding hydrogens is 793 g/mol. The standard InChI is InChI=1S/C48H64N4O10/c1-9-35-31(3)39-27-40-33(5)37(11-13-47(53)61-25-23-59-21-19-57-17-15-55-7)45(51-40)30-46-38(12-14-48(54)62-26-24-60-22-20-58-18-16-56-8)34(6)42(52-46)29-44-36(10-2)32(4)41(50-44)28-43(35)49-39/h9-10,27-30,33,37,49-50H,1-2,11-26H2,3-8H3. The Bertz CT molecular complexity index is 2210. The summed E-state index contributed by atoms with van der Waals surface area (Å²) in [5.41, 5.74) is 12.8. The summed E-state index contributed by atoms with van der Waals surface area (Å²) in [6.07, 6.45) is 4.99. The number of carbonyl (C=O) groups is 2. The number of carbonyl (C=O) groups excluding carboxylic acids is 2. The zero-order chi connectivity index (χ0) is 44.4. The van der Waals surface area contributed by atoms with Gasteiger partial charge in [0.25, 0.3) is 0 Å². The van der Waals surface area contributed by atoms with Crippen molar-refractivity contribution in [1.82, 2.24) is 19.9 Å². The van der Waals surface area contributed by atoms with E-state index in [-0.39, 0.29) is 63.0 Å². The van der Waals surface area contributed by atoms with Crippen LogP contribution in [0.2, 0.25) is 0 Å². The fourth-order valence-corrected chi connectivity index (χ4v) is 7.62. The van der Waals surface area contributed by atoms with E-state index in [1.807, 2.05) is 31.2 Å². The lowest BCUT2D eigenvalue weighted by atomic mass is 9.87. The molecule has 0 spiro atoms. The number of ether oxygens (including phenoxy) is 8. The Morgan fingerprint density at radius 1 is 0.613 bits per heavy atom. The van der Waals surface area contributed by atoms with Crippen LogP contribution in [-0.4, -0.2) is 125 Å². The molecule has 3 aromatic rings. The van der Waals surface area contributed by atoms with Crippen LogP contribution in [0.25, 0.3) is 45.4 Å². The van der Waals surface area contributed by atoms with Gasteiger partial charge >= 0.3 is 11.9 Å². The number of methoxy groups -OCH3 is 2. The highest BCUT2D eigenvalue weighted by atomic mass is 16.6. The molecule has 0 aliphatic carbocycles. The largest absolute Gasteiger partial charge is 0.463 e. The van der Waals surface area contributed by atoms with Gasteiger partial charge < -0.3 is 47.9 Å². The highest BCUT2D eigenvalue weighted by Crippen LogP contribution is 2.42. The Kier molecular flexibility index (Phi) is 19.1. The number of rotatable bonds is 26. The monoisotopic (exact) mass is 856 g/mol. The highest BCUT2D eigenvalue weighted by Gasteiger charge is 2.31. The third-order valence-electron chi connectivity index (χ3n) is 11.2. The number of nitrogens with zero attached hydrogens (tertiary/aromatic N) is 2. The van der Waals surface area contributed by atoms with Crippen LogP contribution in [0.1, 0.15) is 96.4 Å². The lowest BCUT2D eigenvalue weighted by molar-refractivity contribution is -0.146. The number of aromatic amines is 2. The molecule has 0 fully saturated rings. The van der Waals surface area contributed by atoms with Gasteiger partial charge in [0.2, 0.25) is 0 Å². The minimum absolute atomic E-state index is 0.0314. The SMILES string of the molecule is C=Cc1c(C)c2cc3[nH]c(cc4nc(cc5nc(cc1[nH]2)C(C)=C5CCC(=O)OCCOCCOCCOC)C(CCC(=O)OCCOCCOCCOC)C4C)c(C)c3C=C. The molecule has 62 heavy (non-hydrogen) atoms. The summed E-state index contributed by atoms with van der Waals surface area (Å²) < 4.78 is 43.0. The summed E-state index contributed by atoms with van der Waals surface area (Å²) in [6, 6.07) is 8.25. The van der Waals surface area contributed by atoms with Crippen molar-refractivity contribution in [3.8, 4) is 0 Å². The van der Waals surface area contributed by atoms with Crippen molar-refractivity contribution in [3.63, 3.8) is 0 Å². The molecule has 14 nitrogen and oxygen atoms in total. The van der Waals surface area contributed by atoms with E-state index in [2.05, 4.69) is 56.0 Å². The first kappa shape index (κ1) is 48.1. The molecule has 0 amide bonds. The van der Waals surface area contributed by atoms with Gasteiger partial charge in [-0.1, -0.05) is 32.2 Å². The number of H-pyrrole nitrogens is 2. The Balaban J connectivity index is 1.44. The van der Waals surface area contributed by atoms with Crippen LogP contribution >= 0.6 is 0 Å². The molecule has 0 aromatic carbocycles. The first-order chi connectivity index (χ1) is 30.1. The van der Waals surface area contributed by atoms with Crippen LogP contribution in [-0.2, 0) is 47.5 Å². The number of hydrogen-bond acceptors (Lipinski definition) is 12. The summed E-state index contributed by atoms with van der Waals surface area (Å²) in [5.74, 6) is -0.779. The molecule has 8 bridgehead atoms. The van der Waals surface area contributed by atoms with Gasteiger partial charge in [-0.05, 0) is 80.2 Å². The number of aromatic nitrogens is 4. The van der Waals surface area contributed by atoms with Gasteiger partial charge in [0.05, 0.1) is 77.5 Å². The number of esters is 2. The van der Waals surface area contributed by atoms with Gasteiger partial charge in [-0.2, -0.15) is 0 Å². The molecular formula is C48H64N4O10. The number of hydrogen-bond donors (Lipinski definition) is 2. The average molecular weight is 857 g/mol. The summed E-state index contributed by atoms with van der Waals surface area (Å²) >= 11 is 0. The third-order valence-corrected chi connectivity index (χ3v) is 11.2. The van der Waals surface area contributed by atoms with Crippen molar-refractivity contribution in [2.24, 2.45) is 0 Å². The second-order valence-corrected chi connectivity index (χ2v) is 15.2. The minimum atomic E-state index is -0.330. The fourth-order valence-electron chi connectivity index (χ4n) is 7.62. The molecule has 2 aliphatic heterocycles. The van der Waals surface area contributed by atoms with E-state index in [1.165, 1.54) is 0 Å². The Morgan fingerprint density at radius 2 is 1.11 bits per heavy atom. The number of aryl methyl sites for hydroxylation is 2. The molecule has 2 unspecified atom stereocenters. The smallest absolute Gasteiger partial charge is 0.306 e. The van der Waals surface area contributed by atoms with Crippen molar-refractivity contribution in [2.45, 2.75) is 65.2 Å². The van der Waals surface area contributed by atoms with Crippen molar-refractivity contribution in [2.75, 3.05) is 93.5 Å². The van der Waals surface area contributed by atoms with Crippen LogP contribution in [0.5, 0.6) is 0 Å². The van der Waals surface area contributed by atoms with Crippen molar-refractivity contribution < 1.29 is 47.5 Å². The zero-order valence-electron chi connectivity index (χ0n) is 37.3. The molecule has 14 heteroatoms. The Labute approximate surface area is 365 Å². The predicted octanol–water partition coefficient (Wildman–Crippen LogP) is 8.04. The summed E-state index contributed by atoms with van der Waals surface area (Å²) in [5, 5.41) is 0. The second-order valence-electron chi connectivity index (χ2n) is 15.2. The molecule has 3 aromatic heterocycles. The molecule has 2 aliphatic rings. The lowest BCUT2D eigenvalue weighted by Gasteiger charge is -2.16. The average Bonchev–Trinajstić information content (AvgIpc) is 3.92. The maximum absolute atomic E-state index is 13.0. The summed E-state index contributed by atoms with van der Waals surface area (Å²) in [7, 11) is 3.25. The molecule has 5 heterocycles. The summed E-state index contributed by atoms with van der Waals surface area (Å²) in [6.45, 7) is 21.2. The molecule has 336 valence electrons. The van der Waals surface area contributed by atoms with Gasteiger partial charge in [0.15, 0.2) is 0 Å². The number of nitrogens with one attached hydrogen (secondary N) is 2. The second kappa shape index (κ2) is 24.6. The van der Waals surface area contributed by atoms with E-state index in [9.17, 15) is 9.59 Å². The van der Waals surface area contributed by atoms with Crippen LogP contribution in [0, 0.1) is 13.8 Å². The normalized spacial score (nSPS) is 14.9. The number of fused-ring (bicyclic) bond motifs is 8. The number of allylic oxidation sites excluding steroid dienone is 2. The molecule has 0 saturated carbocycles. The van der Waals surface area contributed by atoms with Gasteiger partial charge in [0, 0.05) is 83.5 Å². The van der Waals surface area contributed by atoms with Gasteiger partial charge in [-0.15, -0.1) is 0 Å². The van der Waals surface area contributed by atoms with Crippen LogP contribution in [0.4, 0.5) is 0 Å². The molecule has 0 radical (unpaired) electrons. The van der Waals surface area contributed by atoms with Crippen molar-refractivity contribution >= 4 is 57.3 Å². The fraction of sp³-hybridized carbons (Fsp3) is 0.500. The zero-order valence-corrected chi connectivity index (χ0v) is 37.3. The Morgan fingerprint density at radius 3 is 1.66 bits per heavy atom. The first-order valence-corrected chi connectivity index (χ1v) is 21.4. The first-order valence-electron chi connectivity index (χ1n) is 21.4. The van der Waals surface area contributed by atoms with Crippen LogP contribution < -0.4 is 0 Å². The van der Waals surface area contributed by atoms with Gasteiger partial charge in [-0.3, -0.25) is 14.6 Å². The minimum Gasteiger partial charge on any atom is -0.463 e. The van der Waals surface area contributed by atoms with E-state index < -0.39 is 0 Å².